The molecule has 2 fully saturated rings. The quantitative estimate of drug-likeness (QED) is 0.251. The van der Waals surface area contributed by atoms with E-state index in [1.807, 2.05) is 12.1 Å². The number of ether oxygens (including phenoxy) is 1. The van der Waals surface area contributed by atoms with E-state index in [2.05, 4.69) is 38.9 Å². The van der Waals surface area contributed by atoms with Crippen molar-refractivity contribution in [3.05, 3.63) is 54.1 Å². The van der Waals surface area contributed by atoms with Crippen LogP contribution < -0.4 is 14.8 Å². The Bertz CT molecular complexity index is 1180. The van der Waals surface area contributed by atoms with Crippen molar-refractivity contribution in [1.82, 2.24) is 15.1 Å². The van der Waals surface area contributed by atoms with Crippen molar-refractivity contribution in [2.75, 3.05) is 37.2 Å². The predicted molar refractivity (Wildman–Crippen MR) is 173 cm³/mol. The molecule has 1 aliphatic heterocycles. The Kier molecular flexibility index (Phi) is 13.7. The number of carbonyl (C=O) groups excluding carboxylic acids is 1. The number of rotatable bonds is 13. The molecule has 10 heteroatoms. The minimum atomic E-state index is -3.30. The number of hydrogen-bond donors (Lipinski definition) is 2. The lowest BCUT2D eigenvalue weighted by molar-refractivity contribution is 0.164. The molecule has 2 aliphatic rings. The molecule has 1 saturated carbocycles. The van der Waals surface area contributed by atoms with Gasteiger partial charge < -0.3 is 15.0 Å². The first kappa shape index (κ1) is 34.0. The van der Waals surface area contributed by atoms with Crippen molar-refractivity contribution in [3.63, 3.8) is 0 Å². The van der Waals surface area contributed by atoms with E-state index < -0.39 is 10.0 Å². The van der Waals surface area contributed by atoms with E-state index in [0.29, 0.717) is 11.4 Å². The fraction of sp³-hybridized carbons (Fsp3) is 0.594. The van der Waals surface area contributed by atoms with Gasteiger partial charge in [-0.2, -0.15) is 0 Å². The average molecular weight is 621 g/mol. The Hall–Kier alpha value is -2.49. The van der Waals surface area contributed by atoms with Gasteiger partial charge in [0.1, 0.15) is 11.5 Å². The van der Waals surface area contributed by atoms with Gasteiger partial charge in [-0.25, -0.2) is 13.2 Å². The van der Waals surface area contributed by atoms with Crippen LogP contribution >= 0.6 is 12.4 Å². The van der Waals surface area contributed by atoms with Gasteiger partial charge in [-0.1, -0.05) is 57.6 Å². The number of piperidine rings is 1. The fourth-order valence-electron chi connectivity index (χ4n) is 5.84. The first-order valence-corrected chi connectivity index (χ1v) is 17.3. The smallest absolute Gasteiger partial charge is 0.317 e. The minimum Gasteiger partial charge on any atom is -0.457 e. The van der Waals surface area contributed by atoms with Crippen molar-refractivity contribution in [2.45, 2.75) is 83.7 Å². The molecule has 1 saturated heterocycles. The van der Waals surface area contributed by atoms with Gasteiger partial charge in [0.05, 0.1) is 6.26 Å². The van der Waals surface area contributed by atoms with Crippen LogP contribution in [-0.2, 0) is 16.6 Å². The molecule has 0 aromatic heterocycles. The Morgan fingerprint density at radius 2 is 1.55 bits per heavy atom. The van der Waals surface area contributed by atoms with Crippen LogP contribution in [0.5, 0.6) is 11.5 Å². The largest absolute Gasteiger partial charge is 0.457 e. The van der Waals surface area contributed by atoms with Crippen LogP contribution in [-0.4, -0.2) is 62.7 Å². The van der Waals surface area contributed by atoms with Gasteiger partial charge in [-0.3, -0.25) is 9.62 Å². The van der Waals surface area contributed by atoms with Crippen LogP contribution in [0.25, 0.3) is 0 Å². The van der Waals surface area contributed by atoms with Gasteiger partial charge in [-0.15, -0.1) is 12.4 Å². The number of carbonyl (C=O) groups is 1. The lowest BCUT2D eigenvalue weighted by Crippen LogP contribution is -2.49. The summed E-state index contributed by atoms with van der Waals surface area (Å²) in [6.45, 7) is 6.74. The first-order valence-electron chi connectivity index (χ1n) is 15.4. The summed E-state index contributed by atoms with van der Waals surface area (Å²) in [6.07, 6.45) is 13.1. The molecule has 0 unspecified atom stereocenters. The standard InChI is InChI=1S/C32H48N4O4S.ClH/c1-3-4-21-36(24-18-26-8-6-5-7-9-26)32(37)33-28-19-22-35(23-20-28)25-27-10-14-30(15-11-27)40-31-16-12-29(13-17-31)34-41(2,38)39;/h10-17,26,28,34H,3-9,18-25H2,1-2H3,(H,33,37);1H. The van der Waals surface area contributed by atoms with Gasteiger partial charge in [0.25, 0.3) is 0 Å². The highest BCUT2D eigenvalue weighted by Gasteiger charge is 2.24. The lowest BCUT2D eigenvalue weighted by atomic mass is 9.87. The van der Waals surface area contributed by atoms with Crippen molar-refractivity contribution in [2.24, 2.45) is 5.92 Å². The van der Waals surface area contributed by atoms with Gasteiger partial charge >= 0.3 is 6.03 Å². The zero-order chi connectivity index (χ0) is 29.1. The molecule has 0 radical (unpaired) electrons. The van der Waals surface area contributed by atoms with Crippen molar-refractivity contribution in [1.29, 1.82) is 0 Å². The van der Waals surface area contributed by atoms with Crippen LogP contribution in [0, 0.1) is 5.92 Å². The van der Waals surface area contributed by atoms with Crippen LogP contribution in [0.3, 0.4) is 0 Å². The number of benzene rings is 2. The first-order chi connectivity index (χ1) is 19.8. The molecule has 8 nitrogen and oxygen atoms in total. The van der Waals surface area contributed by atoms with Crippen molar-refractivity contribution >= 4 is 34.1 Å². The Morgan fingerprint density at radius 3 is 2.14 bits per heavy atom. The highest BCUT2D eigenvalue weighted by molar-refractivity contribution is 7.92. The zero-order valence-corrected chi connectivity index (χ0v) is 26.9. The summed E-state index contributed by atoms with van der Waals surface area (Å²) in [4.78, 5) is 17.7. The number of hydrogen-bond acceptors (Lipinski definition) is 5. The van der Waals surface area contributed by atoms with E-state index in [-0.39, 0.29) is 24.5 Å². The summed E-state index contributed by atoms with van der Waals surface area (Å²) in [5.41, 5.74) is 1.73. The van der Waals surface area contributed by atoms with Gasteiger partial charge in [0.15, 0.2) is 0 Å². The molecule has 1 heterocycles. The van der Waals surface area contributed by atoms with E-state index in [4.69, 9.17) is 4.74 Å². The molecule has 2 aromatic rings. The average Bonchev–Trinajstić information content (AvgIpc) is 2.96. The van der Waals surface area contributed by atoms with Crippen LogP contribution in [0.15, 0.2) is 48.5 Å². The third-order valence-electron chi connectivity index (χ3n) is 8.24. The normalized spacial score (nSPS) is 16.8. The molecular weight excluding hydrogens is 572 g/mol. The van der Waals surface area contributed by atoms with Gasteiger partial charge in [0, 0.05) is 44.5 Å². The number of sulfonamides is 1. The van der Waals surface area contributed by atoms with Crippen LogP contribution in [0.2, 0.25) is 0 Å². The monoisotopic (exact) mass is 620 g/mol. The van der Waals surface area contributed by atoms with Crippen LogP contribution in [0.4, 0.5) is 10.5 Å². The highest BCUT2D eigenvalue weighted by Crippen LogP contribution is 2.27. The Morgan fingerprint density at radius 1 is 0.929 bits per heavy atom. The molecule has 2 aromatic carbocycles. The van der Waals surface area contributed by atoms with E-state index in [9.17, 15) is 13.2 Å². The molecule has 234 valence electrons. The third kappa shape index (κ3) is 11.7. The van der Waals surface area contributed by atoms with Gasteiger partial charge in [0.2, 0.25) is 10.0 Å². The summed E-state index contributed by atoms with van der Waals surface area (Å²) >= 11 is 0. The lowest BCUT2D eigenvalue weighted by Gasteiger charge is -2.34. The summed E-state index contributed by atoms with van der Waals surface area (Å²) in [5.74, 6) is 2.17. The van der Waals surface area contributed by atoms with E-state index in [1.165, 1.54) is 37.7 Å². The number of halogens is 1. The zero-order valence-electron chi connectivity index (χ0n) is 25.2. The molecule has 0 atom stereocenters. The molecule has 0 bridgehead atoms. The second-order valence-corrected chi connectivity index (χ2v) is 13.5. The SMILES string of the molecule is CCCCN(CCC1CCCCC1)C(=O)NC1CCN(Cc2ccc(Oc3ccc(NS(C)(=O)=O)cc3)cc2)CC1.Cl. The summed E-state index contributed by atoms with van der Waals surface area (Å²) in [7, 11) is -3.30. The van der Waals surface area contributed by atoms with Gasteiger partial charge in [-0.05, 0) is 73.6 Å². The predicted octanol–water partition coefficient (Wildman–Crippen LogP) is 7.02. The highest BCUT2D eigenvalue weighted by atomic mass is 35.5. The topological polar surface area (TPSA) is 91.0 Å². The van der Waals surface area contributed by atoms with Crippen molar-refractivity contribution < 1.29 is 17.9 Å². The maximum atomic E-state index is 13.2. The number of anilines is 1. The molecular formula is C32H49ClN4O4S. The third-order valence-corrected chi connectivity index (χ3v) is 8.85. The molecule has 4 rings (SSSR count). The maximum absolute atomic E-state index is 13.2. The molecule has 1 aliphatic carbocycles. The molecule has 2 amide bonds. The summed E-state index contributed by atoms with van der Waals surface area (Å²) in [6, 6.07) is 15.3. The number of unbranched alkanes of at least 4 members (excludes halogenated alkanes) is 1. The number of amides is 2. The number of nitrogens with one attached hydrogen (secondary N) is 2. The van der Waals surface area contributed by atoms with Crippen LogP contribution in [0.1, 0.15) is 76.7 Å². The molecule has 42 heavy (non-hydrogen) atoms. The number of urea groups is 1. The van der Waals surface area contributed by atoms with E-state index in [1.54, 1.807) is 24.3 Å². The van der Waals surface area contributed by atoms with E-state index >= 15 is 0 Å². The molecule has 2 N–H and O–H groups in total. The Labute approximate surface area is 259 Å². The number of nitrogens with zero attached hydrogens (tertiary/aromatic N) is 2. The Balaban J connectivity index is 0.00000484. The van der Waals surface area contributed by atoms with E-state index in [0.717, 1.165) is 82.8 Å². The summed E-state index contributed by atoms with van der Waals surface area (Å²) in [5, 5.41) is 3.36. The second kappa shape index (κ2) is 17.0. The maximum Gasteiger partial charge on any atom is 0.317 e. The summed E-state index contributed by atoms with van der Waals surface area (Å²) < 4.78 is 31.1. The molecule has 0 spiro atoms. The second-order valence-electron chi connectivity index (χ2n) is 11.8. The minimum absolute atomic E-state index is 0. The van der Waals surface area contributed by atoms with Crippen molar-refractivity contribution in [3.8, 4) is 11.5 Å². The number of likely N-dealkylation sites (tertiary alicyclic amines) is 1. The fourth-order valence-corrected chi connectivity index (χ4v) is 6.41.